The first-order valence-electron chi connectivity index (χ1n) is 7.11. The maximum Gasteiger partial charge on any atom is 0.130 e. The molecule has 1 N–H and O–H groups in total. The van der Waals surface area contributed by atoms with E-state index in [1.54, 1.807) is 0 Å². The molecule has 0 radical (unpaired) electrons. The van der Waals surface area contributed by atoms with Crippen molar-refractivity contribution in [3.05, 3.63) is 58.1 Å². The van der Waals surface area contributed by atoms with Crippen molar-refractivity contribution >= 4 is 15.9 Å². The van der Waals surface area contributed by atoms with E-state index in [9.17, 15) is 0 Å². The molecule has 2 rings (SSSR count). The molecule has 0 heterocycles. The molecule has 0 atom stereocenters. The van der Waals surface area contributed by atoms with Crippen LogP contribution in [0.4, 0.5) is 0 Å². The van der Waals surface area contributed by atoms with Gasteiger partial charge in [-0.05, 0) is 69.2 Å². The first-order valence-corrected chi connectivity index (χ1v) is 7.91. The highest BCUT2D eigenvalue weighted by atomic mass is 79.9. The van der Waals surface area contributed by atoms with Crippen LogP contribution in [-0.2, 0) is 6.54 Å². The smallest absolute Gasteiger partial charge is 0.130 e. The summed E-state index contributed by atoms with van der Waals surface area (Å²) in [6, 6.07) is 14.3. The van der Waals surface area contributed by atoms with Crippen molar-refractivity contribution in [2.75, 3.05) is 0 Å². The van der Waals surface area contributed by atoms with E-state index in [1.807, 2.05) is 31.2 Å². The summed E-state index contributed by atoms with van der Waals surface area (Å²) in [4.78, 5) is 0. The molecule has 2 aromatic rings. The maximum absolute atomic E-state index is 5.92. The molecule has 21 heavy (non-hydrogen) atoms. The molecule has 0 aliphatic rings. The summed E-state index contributed by atoms with van der Waals surface area (Å²) in [6.07, 6.45) is 0. The van der Waals surface area contributed by atoms with Gasteiger partial charge < -0.3 is 10.1 Å². The van der Waals surface area contributed by atoms with Crippen molar-refractivity contribution in [2.24, 2.45) is 0 Å². The van der Waals surface area contributed by atoms with E-state index in [-0.39, 0.29) is 5.54 Å². The molecule has 0 aliphatic carbocycles. The third kappa shape index (κ3) is 5.18. The zero-order chi connectivity index (χ0) is 15.5. The van der Waals surface area contributed by atoms with Crippen LogP contribution in [-0.4, -0.2) is 5.54 Å². The molecular weight excluding hydrogens is 326 g/mol. The van der Waals surface area contributed by atoms with E-state index in [2.05, 4.69) is 60.2 Å². The van der Waals surface area contributed by atoms with Crippen LogP contribution < -0.4 is 10.1 Å². The summed E-state index contributed by atoms with van der Waals surface area (Å²) in [5.74, 6) is 1.75. The zero-order valence-corrected chi connectivity index (χ0v) is 14.6. The molecule has 0 aliphatic heterocycles. The molecule has 2 aromatic carbocycles. The van der Waals surface area contributed by atoms with Crippen molar-refractivity contribution in [3.8, 4) is 11.5 Å². The van der Waals surface area contributed by atoms with Crippen molar-refractivity contribution < 1.29 is 4.74 Å². The molecule has 0 saturated carbocycles. The standard InChI is InChI=1S/C18H22BrNO/c1-13-11-15(19)7-10-17(13)21-16-8-5-14(6-9-16)12-20-18(2,3)4/h5-11,20H,12H2,1-4H3. The summed E-state index contributed by atoms with van der Waals surface area (Å²) < 4.78 is 6.99. The second-order valence-electron chi connectivity index (χ2n) is 6.26. The quantitative estimate of drug-likeness (QED) is 0.795. The van der Waals surface area contributed by atoms with Crippen LogP contribution in [0, 0.1) is 6.92 Å². The molecule has 2 nitrogen and oxygen atoms in total. The van der Waals surface area contributed by atoms with Gasteiger partial charge in [-0.1, -0.05) is 28.1 Å². The largest absolute Gasteiger partial charge is 0.457 e. The second kappa shape index (κ2) is 6.63. The van der Waals surface area contributed by atoms with Crippen LogP contribution in [0.5, 0.6) is 11.5 Å². The number of ether oxygens (including phenoxy) is 1. The highest BCUT2D eigenvalue weighted by molar-refractivity contribution is 9.10. The third-order valence-corrected chi connectivity index (χ3v) is 3.60. The van der Waals surface area contributed by atoms with Gasteiger partial charge >= 0.3 is 0 Å². The van der Waals surface area contributed by atoms with Gasteiger partial charge in [0.25, 0.3) is 0 Å². The molecule has 0 spiro atoms. The van der Waals surface area contributed by atoms with Crippen LogP contribution in [0.3, 0.4) is 0 Å². The first kappa shape index (κ1) is 16.1. The zero-order valence-electron chi connectivity index (χ0n) is 13.0. The van der Waals surface area contributed by atoms with Gasteiger partial charge in [0, 0.05) is 16.6 Å². The lowest BCUT2D eigenvalue weighted by atomic mass is 10.1. The summed E-state index contributed by atoms with van der Waals surface area (Å²) in [7, 11) is 0. The molecule has 0 saturated heterocycles. The number of halogens is 1. The third-order valence-electron chi connectivity index (χ3n) is 3.11. The fraction of sp³-hybridized carbons (Fsp3) is 0.333. The number of hydrogen-bond donors (Lipinski definition) is 1. The summed E-state index contributed by atoms with van der Waals surface area (Å²) in [5.41, 5.74) is 2.50. The normalized spacial score (nSPS) is 11.5. The van der Waals surface area contributed by atoms with Crippen molar-refractivity contribution in [2.45, 2.75) is 39.8 Å². The van der Waals surface area contributed by atoms with Gasteiger partial charge in [0.15, 0.2) is 0 Å². The van der Waals surface area contributed by atoms with Crippen LogP contribution in [0.2, 0.25) is 0 Å². The Bertz CT molecular complexity index is 600. The molecule has 0 bridgehead atoms. The minimum atomic E-state index is 0.129. The number of nitrogens with one attached hydrogen (secondary N) is 1. The lowest BCUT2D eigenvalue weighted by Gasteiger charge is -2.20. The molecule has 0 aromatic heterocycles. The molecule has 0 unspecified atom stereocenters. The van der Waals surface area contributed by atoms with Crippen LogP contribution in [0.25, 0.3) is 0 Å². The lowest BCUT2D eigenvalue weighted by Crippen LogP contribution is -2.34. The Kier molecular flexibility index (Phi) is 5.07. The van der Waals surface area contributed by atoms with Gasteiger partial charge in [0.05, 0.1) is 0 Å². The van der Waals surface area contributed by atoms with E-state index in [0.29, 0.717) is 0 Å². The Labute approximate surface area is 135 Å². The Morgan fingerprint density at radius 1 is 1.05 bits per heavy atom. The molecule has 0 amide bonds. The number of benzene rings is 2. The molecule has 112 valence electrons. The van der Waals surface area contributed by atoms with Gasteiger partial charge in [-0.15, -0.1) is 0 Å². The Balaban J connectivity index is 2.02. The van der Waals surface area contributed by atoms with E-state index < -0.39 is 0 Å². The van der Waals surface area contributed by atoms with Gasteiger partial charge in [-0.25, -0.2) is 0 Å². The summed E-state index contributed by atoms with van der Waals surface area (Å²) >= 11 is 3.46. The molecule has 3 heteroatoms. The van der Waals surface area contributed by atoms with E-state index in [0.717, 1.165) is 28.1 Å². The second-order valence-corrected chi connectivity index (χ2v) is 7.18. The average Bonchev–Trinajstić information content (AvgIpc) is 2.40. The Hall–Kier alpha value is -1.32. The lowest BCUT2D eigenvalue weighted by molar-refractivity contribution is 0.424. The fourth-order valence-electron chi connectivity index (χ4n) is 1.90. The predicted molar refractivity (Wildman–Crippen MR) is 92.0 cm³/mol. The van der Waals surface area contributed by atoms with E-state index in [1.165, 1.54) is 5.56 Å². The van der Waals surface area contributed by atoms with Crippen LogP contribution >= 0.6 is 15.9 Å². The van der Waals surface area contributed by atoms with E-state index in [4.69, 9.17) is 4.74 Å². The van der Waals surface area contributed by atoms with Crippen LogP contribution in [0.15, 0.2) is 46.9 Å². The molecular formula is C18H22BrNO. The van der Waals surface area contributed by atoms with Gasteiger partial charge in [-0.3, -0.25) is 0 Å². The Morgan fingerprint density at radius 3 is 2.29 bits per heavy atom. The predicted octanol–water partition coefficient (Wildman–Crippen LogP) is 5.44. The first-order chi connectivity index (χ1) is 9.83. The minimum absolute atomic E-state index is 0.129. The van der Waals surface area contributed by atoms with Gasteiger partial charge in [0.2, 0.25) is 0 Å². The topological polar surface area (TPSA) is 21.3 Å². The number of hydrogen-bond acceptors (Lipinski definition) is 2. The van der Waals surface area contributed by atoms with Crippen molar-refractivity contribution in [1.29, 1.82) is 0 Å². The monoisotopic (exact) mass is 347 g/mol. The average molecular weight is 348 g/mol. The van der Waals surface area contributed by atoms with Crippen molar-refractivity contribution in [3.63, 3.8) is 0 Å². The van der Waals surface area contributed by atoms with Gasteiger partial charge in [-0.2, -0.15) is 0 Å². The minimum Gasteiger partial charge on any atom is -0.457 e. The molecule has 0 fully saturated rings. The van der Waals surface area contributed by atoms with Crippen molar-refractivity contribution in [1.82, 2.24) is 5.32 Å². The highest BCUT2D eigenvalue weighted by Gasteiger charge is 2.08. The SMILES string of the molecule is Cc1cc(Br)ccc1Oc1ccc(CNC(C)(C)C)cc1. The maximum atomic E-state index is 5.92. The fourth-order valence-corrected chi connectivity index (χ4v) is 2.37. The number of rotatable bonds is 4. The summed E-state index contributed by atoms with van der Waals surface area (Å²) in [5, 5.41) is 3.48. The van der Waals surface area contributed by atoms with Crippen LogP contribution in [0.1, 0.15) is 31.9 Å². The number of aryl methyl sites for hydroxylation is 1. The van der Waals surface area contributed by atoms with E-state index >= 15 is 0 Å². The van der Waals surface area contributed by atoms with Gasteiger partial charge in [0.1, 0.15) is 11.5 Å². The highest BCUT2D eigenvalue weighted by Crippen LogP contribution is 2.27. The Morgan fingerprint density at radius 2 is 1.71 bits per heavy atom. The summed E-state index contributed by atoms with van der Waals surface area (Å²) in [6.45, 7) is 9.41.